The number of nitrogens with zero attached hydrogens (tertiary/aromatic N) is 5. The fourth-order valence-electron chi connectivity index (χ4n) is 7.79. The zero-order valence-electron chi connectivity index (χ0n) is 31.3. The lowest BCUT2D eigenvalue weighted by Gasteiger charge is -2.33. The maximum atomic E-state index is 13.7. The summed E-state index contributed by atoms with van der Waals surface area (Å²) in [5, 5.41) is 11.7. The molecule has 2 aromatic heterocycles. The molecular formula is C40H52N8O5. The number of methoxy groups -OCH3 is 1. The molecule has 2 fully saturated rings. The molecule has 4 aromatic rings. The lowest BCUT2D eigenvalue weighted by molar-refractivity contribution is -0.140. The van der Waals surface area contributed by atoms with Crippen LogP contribution in [-0.2, 0) is 14.3 Å². The Hall–Kier alpha value is -5.01. The number of likely N-dealkylation sites (N-methyl/N-ethyl adjacent to an activating group) is 1. The summed E-state index contributed by atoms with van der Waals surface area (Å²) >= 11 is 0. The van der Waals surface area contributed by atoms with Gasteiger partial charge in [-0.15, -0.1) is 0 Å². The van der Waals surface area contributed by atoms with Gasteiger partial charge in [-0.25, -0.2) is 14.8 Å². The number of hydrogen-bond acceptors (Lipinski definition) is 7. The summed E-state index contributed by atoms with van der Waals surface area (Å²) in [6.07, 6.45) is 5.83. The average molecular weight is 725 g/mol. The molecule has 2 saturated heterocycles. The smallest absolute Gasteiger partial charge is 0.405 e. The van der Waals surface area contributed by atoms with E-state index in [0.717, 1.165) is 78.2 Å². The first-order valence-corrected chi connectivity index (χ1v) is 18.8. The molecule has 0 aliphatic carbocycles. The van der Waals surface area contributed by atoms with Gasteiger partial charge in [-0.2, -0.15) is 0 Å². The van der Waals surface area contributed by atoms with Gasteiger partial charge >= 0.3 is 6.09 Å². The fraction of sp³-hybridized carbons (Fsp3) is 0.475. The van der Waals surface area contributed by atoms with Crippen LogP contribution < -0.4 is 5.32 Å². The van der Waals surface area contributed by atoms with Crippen LogP contribution in [0.2, 0.25) is 0 Å². The van der Waals surface area contributed by atoms with E-state index in [2.05, 4.69) is 87.5 Å². The van der Waals surface area contributed by atoms with Crippen molar-refractivity contribution >= 4 is 17.9 Å². The van der Waals surface area contributed by atoms with Gasteiger partial charge in [-0.05, 0) is 66.9 Å². The maximum absolute atomic E-state index is 13.7. The molecule has 4 heterocycles. The summed E-state index contributed by atoms with van der Waals surface area (Å²) in [5.41, 5.74) is 5.90. The Balaban J connectivity index is 1.11. The lowest BCUT2D eigenvalue weighted by atomic mass is 10.0. The van der Waals surface area contributed by atoms with Crippen LogP contribution in [0.4, 0.5) is 4.79 Å². The van der Waals surface area contributed by atoms with E-state index in [1.54, 1.807) is 18.2 Å². The second-order valence-corrected chi connectivity index (χ2v) is 14.3. The van der Waals surface area contributed by atoms with Crippen molar-refractivity contribution in [3.63, 3.8) is 0 Å². The zero-order valence-corrected chi connectivity index (χ0v) is 31.3. The minimum Gasteiger partial charge on any atom is -0.465 e. The molecule has 13 heteroatoms. The molecular weight excluding hydrogens is 672 g/mol. The molecule has 3 amide bonds. The van der Waals surface area contributed by atoms with Crippen LogP contribution in [0.5, 0.6) is 0 Å². The van der Waals surface area contributed by atoms with Crippen molar-refractivity contribution in [1.29, 1.82) is 0 Å². The molecule has 6 rings (SSSR count). The van der Waals surface area contributed by atoms with Crippen molar-refractivity contribution in [3.05, 3.63) is 72.6 Å². The third-order valence-electron chi connectivity index (χ3n) is 10.7. The summed E-state index contributed by atoms with van der Waals surface area (Å²) in [6.45, 7) is 11.0. The van der Waals surface area contributed by atoms with Gasteiger partial charge in [0.05, 0.1) is 42.5 Å². The first-order chi connectivity index (χ1) is 25.6. The predicted octanol–water partition coefficient (Wildman–Crippen LogP) is 6.11. The summed E-state index contributed by atoms with van der Waals surface area (Å²) < 4.78 is 5.45. The highest BCUT2D eigenvalue weighted by Crippen LogP contribution is 2.35. The monoisotopic (exact) mass is 724 g/mol. The highest BCUT2D eigenvalue weighted by Gasteiger charge is 2.38. The van der Waals surface area contributed by atoms with Crippen LogP contribution in [0.25, 0.3) is 33.6 Å². The molecule has 0 radical (unpaired) electrons. The molecule has 2 aromatic carbocycles. The van der Waals surface area contributed by atoms with Crippen LogP contribution in [0.15, 0.2) is 60.9 Å². The number of carboxylic acid groups (broad SMARTS) is 1. The number of H-pyrrole nitrogens is 2. The first kappa shape index (κ1) is 37.7. The van der Waals surface area contributed by atoms with E-state index in [9.17, 15) is 19.5 Å². The van der Waals surface area contributed by atoms with E-state index in [-0.39, 0.29) is 35.9 Å². The van der Waals surface area contributed by atoms with E-state index in [4.69, 9.17) is 9.72 Å². The van der Waals surface area contributed by atoms with Gasteiger partial charge in [-0.1, -0.05) is 76.2 Å². The molecule has 4 atom stereocenters. The maximum Gasteiger partial charge on any atom is 0.405 e. The first-order valence-electron chi connectivity index (χ1n) is 18.8. The van der Waals surface area contributed by atoms with E-state index in [1.807, 2.05) is 24.9 Å². The fourth-order valence-corrected chi connectivity index (χ4v) is 7.79. The van der Waals surface area contributed by atoms with Gasteiger partial charge in [0, 0.05) is 20.2 Å². The number of ether oxygens (including phenoxy) is 1. The number of carbonyl (C=O) groups excluding carboxylic acids is 2. The van der Waals surface area contributed by atoms with E-state index in [1.165, 1.54) is 0 Å². The van der Waals surface area contributed by atoms with Gasteiger partial charge in [0.1, 0.15) is 23.7 Å². The molecule has 2 aliphatic heterocycles. The minimum absolute atomic E-state index is 0.0900. The number of rotatable bonds is 14. The number of carbonyl (C=O) groups is 3. The summed E-state index contributed by atoms with van der Waals surface area (Å²) in [7, 11) is 1.65. The molecule has 53 heavy (non-hydrogen) atoms. The molecule has 0 unspecified atom stereocenters. The lowest BCUT2D eigenvalue weighted by Crippen LogP contribution is -2.50. The number of benzene rings is 2. The molecule has 2 aliphatic rings. The molecule has 0 bridgehead atoms. The van der Waals surface area contributed by atoms with Crippen molar-refractivity contribution in [2.45, 2.75) is 77.5 Å². The summed E-state index contributed by atoms with van der Waals surface area (Å²) in [4.78, 5) is 60.6. The standard InChI is InChI=1S/C40H52N8O5/c1-6-46(7-2)34(24-53-5)38(49)47-20-8-10-32(47)36-41-22-30(43-36)28-16-12-26(13-17-28)27-14-18-29(19-15-27)31-23-42-37(44-31)33-11-9-21-48(33)39(50)35(25(3)4)45-40(51)52/h12-19,22-23,25,32-35,45H,6-11,20-21,24H2,1-5H3,(H,41,43)(H,42,44)(H,51,52)/t32-,33-,34+,35-/m0/s1. The molecule has 0 spiro atoms. The van der Waals surface area contributed by atoms with Gasteiger partial charge < -0.3 is 34.9 Å². The van der Waals surface area contributed by atoms with Gasteiger partial charge in [0.15, 0.2) is 0 Å². The van der Waals surface area contributed by atoms with E-state index >= 15 is 0 Å². The predicted molar refractivity (Wildman–Crippen MR) is 203 cm³/mol. The molecule has 13 nitrogen and oxygen atoms in total. The number of hydrogen-bond donors (Lipinski definition) is 4. The Bertz CT molecular complexity index is 1850. The normalized spacial score (nSPS) is 18.5. The van der Waals surface area contributed by atoms with Crippen molar-refractivity contribution in [1.82, 2.24) is 40.0 Å². The Morgan fingerprint density at radius 1 is 0.811 bits per heavy atom. The third kappa shape index (κ3) is 8.16. The number of aromatic amines is 2. The van der Waals surface area contributed by atoms with E-state index in [0.29, 0.717) is 25.5 Å². The number of aromatic nitrogens is 4. The highest BCUT2D eigenvalue weighted by molar-refractivity contribution is 5.86. The summed E-state index contributed by atoms with van der Waals surface area (Å²) in [6, 6.07) is 15.2. The van der Waals surface area contributed by atoms with Crippen molar-refractivity contribution in [3.8, 4) is 33.6 Å². The third-order valence-corrected chi connectivity index (χ3v) is 10.7. The average Bonchev–Trinajstić information content (AvgIpc) is 4.00. The van der Waals surface area contributed by atoms with Crippen molar-refractivity contribution in [2.75, 3.05) is 39.9 Å². The van der Waals surface area contributed by atoms with Crippen LogP contribution in [0.3, 0.4) is 0 Å². The highest BCUT2D eigenvalue weighted by atomic mass is 16.5. The molecule has 282 valence electrons. The zero-order chi connectivity index (χ0) is 37.6. The van der Waals surface area contributed by atoms with Crippen LogP contribution in [-0.4, -0.2) is 110 Å². The van der Waals surface area contributed by atoms with Crippen LogP contribution >= 0.6 is 0 Å². The largest absolute Gasteiger partial charge is 0.465 e. The Morgan fingerprint density at radius 3 is 1.68 bits per heavy atom. The number of likely N-dealkylation sites (tertiary alicyclic amines) is 2. The molecule has 4 N–H and O–H groups in total. The SMILES string of the molecule is CCN(CC)[C@H](COC)C(=O)N1CCC[C@H]1c1ncc(-c2ccc(-c3ccc(-c4cnc([C@@H]5CCCN5C(=O)[C@@H](NC(=O)O)C(C)C)[nH]4)cc3)cc2)[nH]1. The molecule has 0 saturated carbocycles. The van der Waals surface area contributed by atoms with Crippen molar-refractivity contribution < 1.29 is 24.2 Å². The number of imidazole rings is 2. The second-order valence-electron chi connectivity index (χ2n) is 14.3. The second kappa shape index (κ2) is 16.8. The van der Waals surface area contributed by atoms with Crippen LogP contribution in [0, 0.1) is 5.92 Å². The topological polar surface area (TPSA) is 160 Å². The van der Waals surface area contributed by atoms with Crippen LogP contribution in [0.1, 0.15) is 77.1 Å². The Labute approximate surface area is 311 Å². The Kier molecular flexibility index (Phi) is 11.9. The minimum atomic E-state index is -1.20. The van der Waals surface area contributed by atoms with Crippen molar-refractivity contribution in [2.24, 2.45) is 5.92 Å². The van der Waals surface area contributed by atoms with Gasteiger partial charge in [0.2, 0.25) is 11.8 Å². The van der Waals surface area contributed by atoms with E-state index < -0.39 is 12.1 Å². The quantitative estimate of drug-likeness (QED) is 0.121. The van der Waals surface area contributed by atoms with Gasteiger partial charge in [0.25, 0.3) is 0 Å². The number of amides is 3. The van der Waals surface area contributed by atoms with Gasteiger partial charge in [-0.3, -0.25) is 14.5 Å². The number of nitrogens with one attached hydrogen (secondary N) is 3. The summed E-state index contributed by atoms with van der Waals surface area (Å²) in [5.74, 6) is 1.21. The Morgan fingerprint density at radius 2 is 1.26 bits per heavy atom.